The van der Waals surface area contributed by atoms with Crippen molar-refractivity contribution in [1.82, 2.24) is 10.2 Å². The fraction of sp³-hybridized carbons (Fsp3) is 0.647. The van der Waals surface area contributed by atoms with Crippen molar-refractivity contribution in [3.05, 3.63) is 21.4 Å². The van der Waals surface area contributed by atoms with E-state index in [9.17, 15) is 14.7 Å². The van der Waals surface area contributed by atoms with Crippen LogP contribution in [0.3, 0.4) is 0 Å². The van der Waals surface area contributed by atoms with Crippen LogP contribution in [0.2, 0.25) is 0 Å². The minimum absolute atomic E-state index is 0.00209. The van der Waals surface area contributed by atoms with Crippen LogP contribution in [-0.4, -0.2) is 41.0 Å². The summed E-state index contributed by atoms with van der Waals surface area (Å²) < 4.78 is 0. The molecule has 1 atom stereocenters. The minimum Gasteiger partial charge on any atom is -0.393 e. The van der Waals surface area contributed by atoms with Crippen molar-refractivity contribution in [2.45, 2.75) is 58.6 Å². The number of aryl methyl sites for hydroxylation is 2. The van der Waals surface area contributed by atoms with Gasteiger partial charge in [-0.3, -0.25) is 9.59 Å². The largest absolute Gasteiger partial charge is 0.393 e. The van der Waals surface area contributed by atoms with E-state index in [1.165, 1.54) is 9.75 Å². The molecule has 1 aliphatic rings. The molecule has 0 saturated carbocycles. The molecule has 1 saturated heterocycles. The molecule has 0 unspecified atom stereocenters. The standard InChI is InChI=1S/C17H26N2O3S/c1-11-10-15(13(3)23-11)12(2)18-16(21)4-5-17(22)19-8-6-14(20)7-9-19/h10,12,14,20H,4-9H2,1-3H3,(H,18,21)/t12-/m0/s1. The number of rotatable bonds is 5. The number of amides is 2. The van der Waals surface area contributed by atoms with E-state index in [1.54, 1.807) is 16.2 Å². The summed E-state index contributed by atoms with van der Waals surface area (Å²) in [6, 6.07) is 2.07. The first kappa shape index (κ1) is 17.9. The Bertz CT molecular complexity index is 562. The van der Waals surface area contributed by atoms with Crippen LogP contribution < -0.4 is 5.32 Å². The van der Waals surface area contributed by atoms with Gasteiger partial charge in [0.15, 0.2) is 0 Å². The van der Waals surface area contributed by atoms with E-state index in [0.29, 0.717) is 25.9 Å². The molecule has 2 N–H and O–H groups in total. The Labute approximate surface area is 141 Å². The fourth-order valence-electron chi connectivity index (χ4n) is 2.97. The summed E-state index contributed by atoms with van der Waals surface area (Å²) >= 11 is 1.73. The molecule has 0 spiro atoms. The van der Waals surface area contributed by atoms with E-state index in [4.69, 9.17) is 0 Å². The van der Waals surface area contributed by atoms with Crippen LogP contribution in [0.15, 0.2) is 6.07 Å². The molecular weight excluding hydrogens is 312 g/mol. The molecule has 1 fully saturated rings. The molecule has 5 nitrogen and oxygen atoms in total. The molecule has 2 rings (SSSR count). The van der Waals surface area contributed by atoms with Gasteiger partial charge in [-0.15, -0.1) is 11.3 Å². The Hall–Kier alpha value is -1.40. The number of hydrogen-bond donors (Lipinski definition) is 2. The van der Waals surface area contributed by atoms with Gasteiger partial charge >= 0.3 is 0 Å². The molecular formula is C17H26N2O3S. The van der Waals surface area contributed by atoms with E-state index in [2.05, 4.69) is 25.2 Å². The number of thiophene rings is 1. The third kappa shape index (κ3) is 5.04. The van der Waals surface area contributed by atoms with Crippen LogP contribution in [0.4, 0.5) is 0 Å². The predicted molar refractivity (Wildman–Crippen MR) is 91.4 cm³/mol. The van der Waals surface area contributed by atoms with Crippen molar-refractivity contribution >= 4 is 23.2 Å². The van der Waals surface area contributed by atoms with E-state index < -0.39 is 0 Å². The molecule has 1 aliphatic heterocycles. The summed E-state index contributed by atoms with van der Waals surface area (Å²) in [5, 5.41) is 12.4. The normalized spacial score (nSPS) is 17.1. The summed E-state index contributed by atoms with van der Waals surface area (Å²) in [5.41, 5.74) is 1.15. The maximum atomic E-state index is 12.1. The van der Waals surface area contributed by atoms with E-state index in [-0.39, 0.29) is 36.8 Å². The van der Waals surface area contributed by atoms with Gasteiger partial charge in [-0.25, -0.2) is 0 Å². The van der Waals surface area contributed by atoms with E-state index in [0.717, 1.165) is 5.56 Å². The Kier molecular flexibility index (Phi) is 6.18. The number of carbonyl (C=O) groups is 2. The zero-order chi connectivity index (χ0) is 17.0. The second-order valence-corrected chi connectivity index (χ2v) is 7.73. The number of aliphatic hydroxyl groups excluding tert-OH is 1. The number of carbonyl (C=O) groups excluding carboxylic acids is 2. The molecule has 23 heavy (non-hydrogen) atoms. The molecule has 0 aromatic carbocycles. The summed E-state index contributed by atoms with van der Waals surface area (Å²) in [6.45, 7) is 7.27. The minimum atomic E-state index is -0.291. The first-order chi connectivity index (χ1) is 10.9. The van der Waals surface area contributed by atoms with Crippen molar-refractivity contribution in [3.8, 4) is 0 Å². The lowest BCUT2D eigenvalue weighted by Crippen LogP contribution is -2.40. The van der Waals surface area contributed by atoms with Crippen LogP contribution in [0, 0.1) is 13.8 Å². The average molecular weight is 338 g/mol. The van der Waals surface area contributed by atoms with Crippen molar-refractivity contribution in [3.63, 3.8) is 0 Å². The summed E-state index contributed by atoms with van der Waals surface area (Å²) in [7, 11) is 0. The van der Waals surface area contributed by atoms with Crippen LogP contribution in [0.1, 0.15) is 54.0 Å². The highest BCUT2D eigenvalue weighted by Crippen LogP contribution is 2.26. The predicted octanol–water partition coefficient (Wildman–Crippen LogP) is 2.31. The van der Waals surface area contributed by atoms with Gasteiger partial charge in [0, 0.05) is 35.7 Å². The molecule has 0 radical (unpaired) electrons. The molecule has 0 bridgehead atoms. The zero-order valence-electron chi connectivity index (χ0n) is 14.1. The molecule has 128 valence electrons. The quantitative estimate of drug-likeness (QED) is 0.865. The van der Waals surface area contributed by atoms with Crippen molar-refractivity contribution in [2.24, 2.45) is 0 Å². The van der Waals surface area contributed by atoms with Crippen LogP contribution in [-0.2, 0) is 9.59 Å². The van der Waals surface area contributed by atoms with Crippen LogP contribution in [0.5, 0.6) is 0 Å². The van der Waals surface area contributed by atoms with Crippen LogP contribution >= 0.6 is 11.3 Å². The van der Waals surface area contributed by atoms with Gasteiger partial charge in [-0.2, -0.15) is 0 Å². The van der Waals surface area contributed by atoms with Crippen LogP contribution in [0.25, 0.3) is 0 Å². The van der Waals surface area contributed by atoms with Crippen molar-refractivity contribution in [2.75, 3.05) is 13.1 Å². The molecule has 2 heterocycles. The lowest BCUT2D eigenvalue weighted by molar-refractivity contribution is -0.135. The molecule has 0 aliphatic carbocycles. The molecule has 2 amide bonds. The van der Waals surface area contributed by atoms with Crippen molar-refractivity contribution < 1.29 is 14.7 Å². The highest BCUT2D eigenvalue weighted by atomic mass is 32.1. The Balaban J connectivity index is 1.76. The fourth-order valence-corrected chi connectivity index (χ4v) is 3.99. The second-order valence-electron chi connectivity index (χ2n) is 6.27. The molecule has 1 aromatic rings. The highest BCUT2D eigenvalue weighted by Gasteiger charge is 2.22. The number of likely N-dealkylation sites (tertiary alicyclic amines) is 1. The topological polar surface area (TPSA) is 69.6 Å². The number of hydrogen-bond acceptors (Lipinski definition) is 4. The number of nitrogens with one attached hydrogen (secondary N) is 1. The number of piperidine rings is 1. The second kappa shape index (κ2) is 7.93. The summed E-state index contributed by atoms with van der Waals surface area (Å²) in [6.07, 6.45) is 1.42. The monoisotopic (exact) mass is 338 g/mol. The van der Waals surface area contributed by atoms with Gasteiger partial charge in [0.1, 0.15) is 0 Å². The zero-order valence-corrected chi connectivity index (χ0v) is 14.9. The van der Waals surface area contributed by atoms with Crippen molar-refractivity contribution in [1.29, 1.82) is 0 Å². The summed E-state index contributed by atoms with van der Waals surface area (Å²) in [5.74, 6) is -0.0894. The lowest BCUT2D eigenvalue weighted by atomic mass is 10.1. The molecule has 1 aromatic heterocycles. The van der Waals surface area contributed by atoms with Gasteiger partial charge in [-0.1, -0.05) is 0 Å². The average Bonchev–Trinajstić information content (AvgIpc) is 2.84. The third-order valence-corrected chi connectivity index (χ3v) is 5.29. The van der Waals surface area contributed by atoms with Gasteiger partial charge in [0.05, 0.1) is 12.1 Å². The lowest BCUT2D eigenvalue weighted by Gasteiger charge is -2.29. The van der Waals surface area contributed by atoms with Gasteiger partial charge in [0.2, 0.25) is 11.8 Å². The van der Waals surface area contributed by atoms with Gasteiger partial charge in [0.25, 0.3) is 0 Å². The first-order valence-corrected chi connectivity index (χ1v) is 9.00. The van der Waals surface area contributed by atoms with Gasteiger partial charge < -0.3 is 15.3 Å². The smallest absolute Gasteiger partial charge is 0.223 e. The SMILES string of the molecule is Cc1cc([C@H](C)NC(=O)CCC(=O)N2CCC(O)CC2)c(C)s1. The van der Waals surface area contributed by atoms with E-state index >= 15 is 0 Å². The van der Waals surface area contributed by atoms with Gasteiger partial charge in [-0.05, 0) is 45.2 Å². The first-order valence-electron chi connectivity index (χ1n) is 8.19. The molecule has 6 heteroatoms. The Morgan fingerprint density at radius 3 is 2.57 bits per heavy atom. The Morgan fingerprint density at radius 2 is 2.00 bits per heavy atom. The maximum Gasteiger partial charge on any atom is 0.223 e. The number of aliphatic hydroxyl groups is 1. The summed E-state index contributed by atoms with van der Waals surface area (Å²) in [4.78, 5) is 28.4. The third-order valence-electron chi connectivity index (χ3n) is 4.31. The van der Waals surface area contributed by atoms with E-state index in [1.807, 2.05) is 6.92 Å². The number of nitrogens with zero attached hydrogens (tertiary/aromatic N) is 1. The highest BCUT2D eigenvalue weighted by molar-refractivity contribution is 7.12. The maximum absolute atomic E-state index is 12.1. The Morgan fingerprint density at radius 1 is 1.35 bits per heavy atom.